The van der Waals surface area contributed by atoms with E-state index >= 15 is 0 Å². The molecule has 4 atom stereocenters. The van der Waals surface area contributed by atoms with E-state index in [-0.39, 0.29) is 6.10 Å². The summed E-state index contributed by atoms with van der Waals surface area (Å²) in [6.45, 7) is 0. The quantitative estimate of drug-likeness (QED) is 0.558. The van der Waals surface area contributed by atoms with Crippen LogP contribution in [0.25, 0.3) is 0 Å². The second kappa shape index (κ2) is 2.73. The van der Waals surface area contributed by atoms with E-state index in [2.05, 4.69) is 5.32 Å². The summed E-state index contributed by atoms with van der Waals surface area (Å²) in [5, 5.41) is 12.8. The molecule has 0 spiro atoms. The van der Waals surface area contributed by atoms with Crippen LogP contribution in [0.5, 0.6) is 0 Å². The maximum absolute atomic E-state index is 9.41. The predicted octanol–water partition coefficient (Wildman–Crippen LogP) is -0.113. The molecule has 0 aliphatic carbocycles. The number of aliphatic hydroxyl groups excluding tert-OH is 1. The number of nitrogens with one attached hydrogen (secondary N) is 1. The topological polar surface area (TPSA) is 41.5 Å². The van der Waals surface area contributed by atoms with Gasteiger partial charge in [-0.2, -0.15) is 0 Å². The fraction of sp³-hybridized carbons (Fsp3) is 1.00. The molecule has 11 heavy (non-hydrogen) atoms. The lowest BCUT2D eigenvalue weighted by Crippen LogP contribution is -2.42. The Labute approximate surface area is 66.7 Å². The van der Waals surface area contributed by atoms with Gasteiger partial charge in [-0.25, -0.2) is 0 Å². The predicted molar refractivity (Wildman–Crippen MR) is 41.4 cm³/mol. The van der Waals surface area contributed by atoms with E-state index in [9.17, 15) is 5.11 Å². The van der Waals surface area contributed by atoms with Crippen LogP contribution in [0.2, 0.25) is 0 Å². The van der Waals surface area contributed by atoms with Gasteiger partial charge in [-0.15, -0.1) is 0 Å². The van der Waals surface area contributed by atoms with Gasteiger partial charge in [0.25, 0.3) is 0 Å². The van der Waals surface area contributed by atoms with Crippen LogP contribution in [0.4, 0.5) is 0 Å². The van der Waals surface area contributed by atoms with Gasteiger partial charge in [-0.3, -0.25) is 0 Å². The summed E-state index contributed by atoms with van der Waals surface area (Å²) in [6.07, 6.45) is 3.05. The SMILES string of the molecule is COC1CC2CC(O)CC1N2. The number of hydrogen-bond donors (Lipinski definition) is 2. The molecule has 0 aromatic carbocycles. The van der Waals surface area contributed by atoms with E-state index in [0.717, 1.165) is 19.3 Å². The Kier molecular flexibility index (Phi) is 1.87. The molecule has 2 heterocycles. The Morgan fingerprint density at radius 2 is 2.18 bits per heavy atom. The summed E-state index contributed by atoms with van der Waals surface area (Å²) >= 11 is 0. The standard InChI is InChI=1S/C8H15NO2/c1-11-8-3-5-2-6(10)4-7(8)9-5/h5-10H,2-4H2,1H3. The first-order chi connectivity index (χ1) is 5.29. The third-order valence-electron chi connectivity index (χ3n) is 2.80. The lowest BCUT2D eigenvalue weighted by Gasteiger charge is -2.26. The summed E-state index contributed by atoms with van der Waals surface area (Å²) < 4.78 is 5.30. The van der Waals surface area contributed by atoms with Crippen molar-refractivity contribution in [3.63, 3.8) is 0 Å². The van der Waals surface area contributed by atoms with Gasteiger partial charge in [0, 0.05) is 19.2 Å². The first kappa shape index (κ1) is 7.53. The Morgan fingerprint density at radius 3 is 2.91 bits per heavy atom. The normalized spacial score (nSPS) is 49.6. The third kappa shape index (κ3) is 1.28. The first-order valence-electron chi connectivity index (χ1n) is 4.26. The van der Waals surface area contributed by atoms with E-state index < -0.39 is 0 Å². The highest BCUT2D eigenvalue weighted by atomic mass is 16.5. The monoisotopic (exact) mass is 157 g/mol. The lowest BCUT2D eigenvalue weighted by atomic mass is 10.0. The van der Waals surface area contributed by atoms with Crippen LogP contribution in [0.15, 0.2) is 0 Å². The molecule has 2 aliphatic heterocycles. The zero-order chi connectivity index (χ0) is 7.84. The number of piperidine rings is 1. The van der Waals surface area contributed by atoms with Crippen molar-refractivity contribution in [3.05, 3.63) is 0 Å². The summed E-state index contributed by atoms with van der Waals surface area (Å²) in [4.78, 5) is 0. The maximum Gasteiger partial charge on any atom is 0.0740 e. The highest BCUT2D eigenvalue weighted by molar-refractivity contribution is 4.98. The summed E-state index contributed by atoms with van der Waals surface area (Å²) in [6, 6.07) is 0.891. The number of rotatable bonds is 1. The van der Waals surface area contributed by atoms with Crippen LogP contribution in [0, 0.1) is 0 Å². The van der Waals surface area contributed by atoms with Crippen LogP contribution in [0.1, 0.15) is 19.3 Å². The number of methoxy groups -OCH3 is 1. The summed E-state index contributed by atoms with van der Waals surface area (Å²) in [5.74, 6) is 0. The second-order valence-electron chi connectivity index (χ2n) is 3.61. The number of hydrogen-bond acceptors (Lipinski definition) is 3. The lowest BCUT2D eigenvalue weighted by molar-refractivity contribution is 0.0659. The van der Waals surface area contributed by atoms with Gasteiger partial charge in [-0.1, -0.05) is 0 Å². The van der Waals surface area contributed by atoms with Gasteiger partial charge >= 0.3 is 0 Å². The van der Waals surface area contributed by atoms with Crippen molar-refractivity contribution in [1.29, 1.82) is 0 Å². The molecule has 2 saturated heterocycles. The van der Waals surface area contributed by atoms with Gasteiger partial charge in [0.05, 0.1) is 12.2 Å². The average molecular weight is 157 g/mol. The number of aliphatic hydroxyl groups is 1. The van der Waals surface area contributed by atoms with Crippen molar-refractivity contribution in [1.82, 2.24) is 5.32 Å². The van der Waals surface area contributed by atoms with Crippen molar-refractivity contribution < 1.29 is 9.84 Å². The smallest absolute Gasteiger partial charge is 0.0740 e. The molecule has 64 valence electrons. The highest BCUT2D eigenvalue weighted by Gasteiger charge is 2.39. The van der Waals surface area contributed by atoms with Gasteiger partial charge < -0.3 is 15.2 Å². The Hall–Kier alpha value is -0.120. The number of ether oxygens (including phenoxy) is 1. The maximum atomic E-state index is 9.41. The molecule has 2 rings (SSSR count). The minimum absolute atomic E-state index is 0.105. The molecule has 0 amide bonds. The molecule has 3 heteroatoms. The fourth-order valence-corrected chi connectivity index (χ4v) is 2.29. The Balaban J connectivity index is 2.02. The third-order valence-corrected chi connectivity index (χ3v) is 2.80. The Bertz CT molecular complexity index is 151. The van der Waals surface area contributed by atoms with E-state index in [4.69, 9.17) is 4.74 Å². The fourth-order valence-electron chi connectivity index (χ4n) is 2.29. The second-order valence-corrected chi connectivity index (χ2v) is 3.61. The van der Waals surface area contributed by atoms with Crippen molar-refractivity contribution in [2.75, 3.05) is 7.11 Å². The molecule has 3 nitrogen and oxygen atoms in total. The van der Waals surface area contributed by atoms with Crippen LogP contribution >= 0.6 is 0 Å². The average Bonchev–Trinajstić information content (AvgIpc) is 2.25. The van der Waals surface area contributed by atoms with Crippen molar-refractivity contribution in [2.24, 2.45) is 0 Å². The minimum Gasteiger partial charge on any atom is -0.393 e. The van der Waals surface area contributed by atoms with Gasteiger partial charge in [0.2, 0.25) is 0 Å². The van der Waals surface area contributed by atoms with E-state index in [0.29, 0.717) is 18.2 Å². The highest BCUT2D eigenvalue weighted by Crippen LogP contribution is 2.28. The van der Waals surface area contributed by atoms with Crippen molar-refractivity contribution >= 4 is 0 Å². The molecular formula is C8H15NO2. The van der Waals surface area contributed by atoms with Crippen LogP contribution in [-0.2, 0) is 4.74 Å². The molecule has 4 unspecified atom stereocenters. The summed E-state index contributed by atoms with van der Waals surface area (Å²) in [5.41, 5.74) is 0. The molecule has 2 bridgehead atoms. The number of fused-ring (bicyclic) bond motifs is 2. The molecular weight excluding hydrogens is 142 g/mol. The van der Waals surface area contributed by atoms with Crippen LogP contribution in [-0.4, -0.2) is 36.5 Å². The molecule has 0 aromatic rings. The molecule has 2 aliphatic rings. The van der Waals surface area contributed by atoms with Crippen LogP contribution < -0.4 is 5.32 Å². The van der Waals surface area contributed by atoms with Crippen molar-refractivity contribution in [3.8, 4) is 0 Å². The van der Waals surface area contributed by atoms with Gasteiger partial charge in [0.1, 0.15) is 0 Å². The zero-order valence-electron chi connectivity index (χ0n) is 6.79. The van der Waals surface area contributed by atoms with E-state index in [1.807, 2.05) is 0 Å². The molecule has 0 saturated carbocycles. The Morgan fingerprint density at radius 1 is 1.36 bits per heavy atom. The summed E-state index contributed by atoms with van der Waals surface area (Å²) in [7, 11) is 1.75. The van der Waals surface area contributed by atoms with Crippen molar-refractivity contribution in [2.45, 2.75) is 43.6 Å². The molecule has 0 radical (unpaired) electrons. The van der Waals surface area contributed by atoms with Gasteiger partial charge in [0.15, 0.2) is 0 Å². The van der Waals surface area contributed by atoms with E-state index in [1.165, 1.54) is 0 Å². The molecule has 2 fully saturated rings. The molecule has 2 N–H and O–H groups in total. The first-order valence-corrected chi connectivity index (χ1v) is 4.26. The van der Waals surface area contributed by atoms with Crippen LogP contribution in [0.3, 0.4) is 0 Å². The minimum atomic E-state index is -0.105. The molecule has 0 aromatic heterocycles. The zero-order valence-corrected chi connectivity index (χ0v) is 6.79. The largest absolute Gasteiger partial charge is 0.393 e. The van der Waals surface area contributed by atoms with E-state index in [1.54, 1.807) is 7.11 Å². The van der Waals surface area contributed by atoms with Gasteiger partial charge in [-0.05, 0) is 19.3 Å².